The van der Waals surface area contributed by atoms with Crippen LogP contribution in [0.2, 0.25) is 0 Å². The van der Waals surface area contributed by atoms with Crippen molar-refractivity contribution in [2.24, 2.45) is 17.3 Å². The van der Waals surface area contributed by atoms with Crippen LogP contribution in [0.4, 0.5) is 13.2 Å². The molecule has 0 bridgehead atoms. The topological polar surface area (TPSA) is 80.7 Å². The maximum atomic E-state index is 12.8. The molecule has 4 aliphatic rings. The molecule has 0 unspecified atom stereocenters. The van der Waals surface area contributed by atoms with Gasteiger partial charge in [0, 0.05) is 17.8 Å². The quantitative estimate of drug-likeness (QED) is 0.312. The Hall–Kier alpha value is -2.57. The van der Waals surface area contributed by atoms with E-state index in [1.807, 2.05) is 0 Å². The third kappa shape index (κ3) is 4.13. The van der Waals surface area contributed by atoms with E-state index in [4.69, 9.17) is 0 Å². The van der Waals surface area contributed by atoms with E-state index in [0.717, 1.165) is 30.4 Å². The summed E-state index contributed by atoms with van der Waals surface area (Å²) in [7, 11) is -5.77. The first-order valence-electron chi connectivity index (χ1n) is 12.5. The summed E-state index contributed by atoms with van der Waals surface area (Å²) < 4.78 is 65.5. The Labute approximate surface area is 214 Å². The maximum Gasteiger partial charge on any atom is 0.534 e. The van der Waals surface area contributed by atoms with Crippen LogP contribution in [0.3, 0.4) is 0 Å². The van der Waals surface area contributed by atoms with Crippen LogP contribution >= 0.6 is 0 Å². The van der Waals surface area contributed by atoms with Crippen LogP contribution in [0, 0.1) is 29.1 Å². The Bertz CT molecular complexity index is 1360. The third-order valence-electron chi connectivity index (χ3n) is 8.99. The molecule has 1 N–H and O–H groups in total. The number of aliphatic hydroxyl groups is 1. The normalized spacial score (nSPS) is 33.5. The van der Waals surface area contributed by atoms with E-state index in [-0.39, 0.29) is 23.5 Å². The van der Waals surface area contributed by atoms with Crippen LogP contribution < -0.4 is 4.18 Å². The number of ketones is 1. The molecule has 37 heavy (non-hydrogen) atoms. The second-order valence-electron chi connectivity index (χ2n) is 10.8. The van der Waals surface area contributed by atoms with Gasteiger partial charge in [-0.2, -0.15) is 21.6 Å². The number of rotatable bonds is 3. The van der Waals surface area contributed by atoms with Gasteiger partial charge in [0.05, 0.1) is 0 Å². The van der Waals surface area contributed by atoms with Gasteiger partial charge in [-0.3, -0.25) is 4.79 Å². The van der Waals surface area contributed by atoms with Crippen molar-refractivity contribution in [1.82, 2.24) is 0 Å². The number of halogens is 3. The molecule has 5 atom stereocenters. The Kier molecular flexibility index (Phi) is 6.15. The molecule has 0 aromatic heterocycles. The molecule has 1 aromatic rings. The fourth-order valence-electron chi connectivity index (χ4n) is 7.31. The van der Waals surface area contributed by atoms with Crippen LogP contribution in [-0.2, 0) is 14.9 Å². The summed E-state index contributed by atoms with van der Waals surface area (Å²) in [4.78, 5) is 12.2. The summed E-state index contributed by atoms with van der Waals surface area (Å²) in [6.45, 7) is 3.80. The SMILES string of the molecule is CC#C[C@]1(O)CC[C@H]2[C@@H]3CCC4=CC(=O)CCC4=C3[C@@H](c3ccc(OS(=O)(=O)C(F)(F)F)cc3)C[C@@]21C. The van der Waals surface area contributed by atoms with E-state index in [1.54, 1.807) is 25.1 Å². The average Bonchev–Trinajstić information content (AvgIpc) is 3.08. The summed E-state index contributed by atoms with van der Waals surface area (Å²) in [5.74, 6) is 5.94. The fourth-order valence-corrected chi connectivity index (χ4v) is 7.76. The van der Waals surface area contributed by atoms with Crippen molar-refractivity contribution >= 4 is 15.9 Å². The number of hydrogen-bond acceptors (Lipinski definition) is 5. The molecular formula is C28H29F3O5S. The van der Waals surface area contributed by atoms with E-state index < -0.39 is 32.4 Å². The van der Waals surface area contributed by atoms with Crippen molar-refractivity contribution in [3.8, 4) is 17.6 Å². The van der Waals surface area contributed by atoms with Crippen LogP contribution in [0.1, 0.15) is 70.3 Å². The van der Waals surface area contributed by atoms with E-state index in [1.165, 1.54) is 23.3 Å². The van der Waals surface area contributed by atoms with Gasteiger partial charge in [0.25, 0.3) is 0 Å². The first-order chi connectivity index (χ1) is 17.3. The molecule has 0 saturated heterocycles. The zero-order valence-electron chi connectivity index (χ0n) is 20.7. The Morgan fingerprint density at radius 2 is 1.81 bits per heavy atom. The predicted octanol–water partition coefficient (Wildman–Crippen LogP) is 5.57. The highest BCUT2D eigenvalue weighted by molar-refractivity contribution is 7.88. The van der Waals surface area contributed by atoms with Crippen molar-refractivity contribution in [3.63, 3.8) is 0 Å². The van der Waals surface area contributed by atoms with Gasteiger partial charge in [0.15, 0.2) is 5.78 Å². The first-order valence-corrected chi connectivity index (χ1v) is 13.9. The molecule has 0 heterocycles. The lowest BCUT2D eigenvalue weighted by atomic mass is 9.51. The minimum absolute atomic E-state index is 0.121. The fraction of sp³-hybridized carbons (Fsp3) is 0.536. The second-order valence-corrected chi connectivity index (χ2v) is 12.4. The highest BCUT2D eigenvalue weighted by atomic mass is 32.2. The van der Waals surface area contributed by atoms with Gasteiger partial charge in [-0.1, -0.05) is 30.6 Å². The number of fused-ring (bicyclic) bond motifs is 4. The average molecular weight is 535 g/mol. The van der Waals surface area contributed by atoms with Crippen LogP contribution in [0.15, 0.2) is 47.1 Å². The molecule has 4 aliphatic carbocycles. The van der Waals surface area contributed by atoms with E-state index >= 15 is 0 Å². The molecule has 0 amide bonds. The molecule has 198 valence electrons. The second kappa shape index (κ2) is 8.74. The van der Waals surface area contributed by atoms with Gasteiger partial charge in [-0.05, 0) is 92.2 Å². The van der Waals surface area contributed by atoms with Crippen LogP contribution in [-0.4, -0.2) is 30.4 Å². The maximum absolute atomic E-state index is 12.8. The molecule has 1 aromatic carbocycles. The molecule has 5 nitrogen and oxygen atoms in total. The number of carbonyl (C=O) groups is 1. The Balaban J connectivity index is 1.59. The summed E-state index contributed by atoms with van der Waals surface area (Å²) in [6, 6.07) is 5.69. The van der Waals surface area contributed by atoms with E-state index in [0.29, 0.717) is 25.7 Å². The highest BCUT2D eigenvalue weighted by Gasteiger charge is 2.62. The molecule has 5 rings (SSSR count). The lowest BCUT2D eigenvalue weighted by molar-refractivity contribution is -0.114. The molecule has 2 fully saturated rings. The van der Waals surface area contributed by atoms with E-state index in [9.17, 15) is 31.5 Å². The van der Waals surface area contributed by atoms with Crippen molar-refractivity contribution in [2.45, 2.75) is 75.8 Å². The van der Waals surface area contributed by atoms with Gasteiger partial charge in [-0.15, -0.1) is 5.92 Å². The molecule has 0 spiro atoms. The predicted molar refractivity (Wildman–Crippen MR) is 131 cm³/mol. The largest absolute Gasteiger partial charge is 0.534 e. The zero-order valence-corrected chi connectivity index (χ0v) is 21.5. The summed E-state index contributed by atoms with van der Waals surface area (Å²) >= 11 is 0. The summed E-state index contributed by atoms with van der Waals surface area (Å²) in [6.07, 6.45) is 6.50. The lowest BCUT2D eigenvalue weighted by Gasteiger charge is -2.53. The van der Waals surface area contributed by atoms with Crippen LogP contribution in [0.5, 0.6) is 5.75 Å². The number of carbonyl (C=O) groups excluding carboxylic acids is 1. The van der Waals surface area contributed by atoms with Gasteiger partial charge in [0.1, 0.15) is 11.4 Å². The minimum atomic E-state index is -5.77. The molecular weight excluding hydrogens is 505 g/mol. The monoisotopic (exact) mass is 534 g/mol. The van der Waals surface area contributed by atoms with Crippen molar-refractivity contribution in [3.05, 3.63) is 52.6 Å². The molecule has 2 saturated carbocycles. The number of benzene rings is 1. The van der Waals surface area contributed by atoms with Gasteiger partial charge >= 0.3 is 15.6 Å². The van der Waals surface area contributed by atoms with Gasteiger partial charge in [0.2, 0.25) is 0 Å². The minimum Gasteiger partial charge on any atom is -0.377 e. The Morgan fingerprint density at radius 1 is 1.11 bits per heavy atom. The van der Waals surface area contributed by atoms with Gasteiger partial charge < -0.3 is 9.29 Å². The highest BCUT2D eigenvalue weighted by Crippen LogP contribution is 2.66. The lowest BCUT2D eigenvalue weighted by Crippen LogP contribution is -2.51. The Morgan fingerprint density at radius 3 is 2.46 bits per heavy atom. The molecule has 0 aliphatic heterocycles. The number of hydrogen-bond donors (Lipinski definition) is 1. The van der Waals surface area contributed by atoms with Crippen molar-refractivity contribution in [1.29, 1.82) is 0 Å². The first kappa shape index (κ1) is 26.1. The standard InChI is InChI=1S/C28H29F3O5S/c1-3-13-27(33)14-12-24-22-10-6-18-15-19(32)7-11-21(18)25(22)23(16-26(24,27)2)17-4-8-20(9-5-17)36-37(34,35)28(29,30)31/h4-5,8-9,15,22-24,33H,6-7,10-12,14,16H2,1-2H3/t22-,23+,24-,26-,27-/m0/s1. The van der Waals surface area contributed by atoms with Crippen molar-refractivity contribution in [2.75, 3.05) is 0 Å². The smallest absolute Gasteiger partial charge is 0.377 e. The third-order valence-corrected chi connectivity index (χ3v) is 9.97. The summed E-state index contributed by atoms with van der Waals surface area (Å²) in [5.41, 5.74) is -2.86. The summed E-state index contributed by atoms with van der Waals surface area (Å²) in [5, 5.41) is 11.7. The molecule has 0 radical (unpaired) electrons. The number of allylic oxidation sites excluding steroid dienone is 4. The molecule has 9 heteroatoms. The van der Waals surface area contributed by atoms with Crippen molar-refractivity contribution < 1.29 is 35.7 Å². The number of alkyl halides is 3. The zero-order chi connectivity index (χ0) is 26.8. The van der Waals surface area contributed by atoms with Gasteiger partial charge in [-0.25, -0.2) is 0 Å². The van der Waals surface area contributed by atoms with Crippen LogP contribution in [0.25, 0.3) is 0 Å². The van der Waals surface area contributed by atoms with E-state index in [2.05, 4.69) is 22.9 Å².